The molecule has 0 unspecified atom stereocenters. The molecule has 0 aliphatic carbocycles. The molecule has 1 rings (SSSR count). The Hall–Kier alpha value is -1.10. The van der Waals surface area contributed by atoms with Gasteiger partial charge in [0.2, 0.25) is 5.79 Å². The number of aliphatic carboxylic acids is 1. The predicted octanol–water partition coefficient (Wildman–Crippen LogP) is 1.56. The number of hydrogen-bond acceptors (Lipinski definition) is 4. The van der Waals surface area contributed by atoms with Gasteiger partial charge in [-0.25, -0.2) is 4.79 Å². The summed E-state index contributed by atoms with van der Waals surface area (Å²) in [5.74, 6) is -2.66. The average Bonchev–Trinajstić information content (AvgIpc) is 2.40. The second kappa shape index (κ2) is 4.05. The molecule has 0 aromatic rings. The van der Waals surface area contributed by atoms with Crippen LogP contribution in [0.2, 0.25) is 0 Å². The Bertz CT molecular complexity index is 309. The van der Waals surface area contributed by atoms with E-state index in [1.165, 1.54) is 6.92 Å². The first-order valence-electron chi connectivity index (χ1n) is 5.37. The highest BCUT2D eigenvalue weighted by Gasteiger charge is 2.54. The Morgan fingerprint density at radius 1 is 1.56 bits per heavy atom. The molecule has 1 aliphatic heterocycles. The molecule has 1 N–H and O–H groups in total. The summed E-state index contributed by atoms with van der Waals surface area (Å²) >= 11 is 0. The smallest absolute Gasteiger partial charge is 0.339 e. The quantitative estimate of drug-likeness (QED) is 0.742. The Labute approximate surface area is 94.7 Å². The fraction of sp³-hybridized carbons (Fsp3) is 0.818. The maximum atomic E-state index is 11.6. The van der Waals surface area contributed by atoms with Gasteiger partial charge in [0.1, 0.15) is 5.41 Å². The molecule has 0 saturated carbocycles. The second-order valence-corrected chi connectivity index (χ2v) is 4.79. The number of rotatable bonds is 4. The van der Waals surface area contributed by atoms with Gasteiger partial charge in [-0.1, -0.05) is 13.3 Å². The molecule has 16 heavy (non-hydrogen) atoms. The van der Waals surface area contributed by atoms with Gasteiger partial charge in [-0.3, -0.25) is 4.79 Å². The zero-order chi connectivity index (χ0) is 12.6. The van der Waals surface area contributed by atoms with Crippen molar-refractivity contribution in [3.63, 3.8) is 0 Å². The monoisotopic (exact) mass is 230 g/mol. The molecule has 0 spiro atoms. The highest BCUT2D eigenvalue weighted by molar-refractivity contribution is 5.86. The number of ether oxygens (including phenoxy) is 2. The highest BCUT2D eigenvalue weighted by atomic mass is 16.8. The fourth-order valence-corrected chi connectivity index (χ4v) is 1.91. The van der Waals surface area contributed by atoms with E-state index in [0.717, 1.165) is 0 Å². The van der Waals surface area contributed by atoms with Gasteiger partial charge >= 0.3 is 11.9 Å². The molecule has 5 nitrogen and oxygen atoms in total. The standard InChI is InChI=1S/C11H18O5/c1-5-6-11(4,9(13)14)7-8(12)16-10(2,3)15-7/h7H,5-6H2,1-4H3,(H,13,14)/t7-,11-/m1/s1. The Morgan fingerprint density at radius 3 is 2.44 bits per heavy atom. The molecule has 1 heterocycles. The molecule has 0 aromatic carbocycles. The number of carbonyl (C=O) groups excluding carboxylic acids is 1. The summed E-state index contributed by atoms with van der Waals surface area (Å²) in [4.78, 5) is 22.9. The van der Waals surface area contributed by atoms with E-state index in [2.05, 4.69) is 0 Å². The van der Waals surface area contributed by atoms with Crippen molar-refractivity contribution in [2.75, 3.05) is 0 Å². The minimum absolute atomic E-state index is 0.373. The lowest BCUT2D eigenvalue weighted by Gasteiger charge is -2.28. The Balaban J connectivity index is 2.97. The maximum Gasteiger partial charge on any atom is 0.339 e. The van der Waals surface area contributed by atoms with Crippen LogP contribution in [-0.4, -0.2) is 28.9 Å². The first kappa shape index (κ1) is 13.0. The summed E-state index contributed by atoms with van der Waals surface area (Å²) < 4.78 is 10.4. The number of cyclic esters (lactones) is 1. The van der Waals surface area contributed by atoms with Crippen LogP contribution in [0, 0.1) is 5.41 Å². The lowest BCUT2D eigenvalue weighted by atomic mass is 9.80. The van der Waals surface area contributed by atoms with Gasteiger partial charge in [0.15, 0.2) is 6.10 Å². The van der Waals surface area contributed by atoms with E-state index in [9.17, 15) is 14.7 Å². The van der Waals surface area contributed by atoms with Crippen LogP contribution in [-0.2, 0) is 19.1 Å². The summed E-state index contributed by atoms with van der Waals surface area (Å²) in [5.41, 5.74) is -1.22. The lowest BCUT2D eigenvalue weighted by Crippen LogP contribution is -2.44. The van der Waals surface area contributed by atoms with Gasteiger partial charge in [-0.2, -0.15) is 0 Å². The molecule has 1 aliphatic rings. The van der Waals surface area contributed by atoms with Crippen molar-refractivity contribution in [2.24, 2.45) is 5.41 Å². The van der Waals surface area contributed by atoms with Gasteiger partial charge in [-0.15, -0.1) is 0 Å². The molecule has 1 saturated heterocycles. The topological polar surface area (TPSA) is 72.8 Å². The number of esters is 1. The van der Waals surface area contributed by atoms with Crippen molar-refractivity contribution in [1.29, 1.82) is 0 Å². The molecule has 5 heteroatoms. The molecule has 0 amide bonds. The Morgan fingerprint density at radius 2 is 2.12 bits per heavy atom. The van der Waals surface area contributed by atoms with Crippen molar-refractivity contribution < 1.29 is 24.2 Å². The minimum Gasteiger partial charge on any atom is -0.481 e. The predicted molar refractivity (Wildman–Crippen MR) is 55.7 cm³/mol. The molecular formula is C11H18O5. The van der Waals surface area contributed by atoms with Gasteiger partial charge in [0.25, 0.3) is 0 Å². The van der Waals surface area contributed by atoms with Gasteiger partial charge < -0.3 is 14.6 Å². The number of carboxylic acids is 1. The normalized spacial score (nSPS) is 27.2. The van der Waals surface area contributed by atoms with Crippen molar-refractivity contribution in [3.8, 4) is 0 Å². The van der Waals surface area contributed by atoms with Crippen LogP contribution in [0.1, 0.15) is 40.5 Å². The zero-order valence-electron chi connectivity index (χ0n) is 10.1. The van der Waals surface area contributed by atoms with Crippen LogP contribution < -0.4 is 0 Å². The van der Waals surface area contributed by atoms with Crippen LogP contribution in [0.3, 0.4) is 0 Å². The molecular weight excluding hydrogens is 212 g/mol. The minimum atomic E-state index is -1.22. The summed E-state index contributed by atoms with van der Waals surface area (Å²) in [5, 5.41) is 9.22. The van der Waals surface area contributed by atoms with E-state index in [-0.39, 0.29) is 0 Å². The van der Waals surface area contributed by atoms with Gasteiger partial charge in [-0.05, 0) is 13.3 Å². The average molecular weight is 230 g/mol. The summed E-state index contributed by atoms with van der Waals surface area (Å²) in [6, 6.07) is 0. The third kappa shape index (κ3) is 2.19. The van der Waals surface area contributed by atoms with Crippen molar-refractivity contribution in [3.05, 3.63) is 0 Å². The van der Waals surface area contributed by atoms with Crippen LogP contribution >= 0.6 is 0 Å². The molecule has 2 atom stereocenters. The number of carbonyl (C=O) groups is 2. The van der Waals surface area contributed by atoms with E-state index in [1.807, 2.05) is 6.92 Å². The number of hydrogen-bond donors (Lipinski definition) is 1. The van der Waals surface area contributed by atoms with Crippen molar-refractivity contribution >= 4 is 11.9 Å². The maximum absolute atomic E-state index is 11.6. The summed E-state index contributed by atoms with van der Waals surface area (Å²) in [6.45, 7) is 6.58. The van der Waals surface area contributed by atoms with Crippen molar-refractivity contribution in [2.45, 2.75) is 52.4 Å². The lowest BCUT2D eigenvalue weighted by molar-refractivity contribution is -0.172. The van der Waals surface area contributed by atoms with Crippen molar-refractivity contribution in [1.82, 2.24) is 0 Å². The Kier molecular flexibility index (Phi) is 3.28. The van der Waals surface area contributed by atoms with Gasteiger partial charge in [0, 0.05) is 13.8 Å². The van der Waals surface area contributed by atoms with E-state index in [1.54, 1.807) is 13.8 Å². The van der Waals surface area contributed by atoms with Gasteiger partial charge in [0.05, 0.1) is 0 Å². The first-order valence-corrected chi connectivity index (χ1v) is 5.37. The van der Waals surface area contributed by atoms with E-state index in [4.69, 9.17) is 9.47 Å². The SMILES string of the molecule is CCC[C@@](C)(C(=O)O)[C@@H]1OC(C)(C)OC1=O. The van der Waals surface area contributed by atoms with E-state index in [0.29, 0.717) is 12.8 Å². The largest absolute Gasteiger partial charge is 0.481 e. The zero-order valence-corrected chi connectivity index (χ0v) is 10.1. The summed E-state index contributed by atoms with van der Waals surface area (Å²) in [7, 11) is 0. The van der Waals surface area contributed by atoms with E-state index < -0.39 is 29.2 Å². The molecule has 0 radical (unpaired) electrons. The van der Waals surface area contributed by atoms with E-state index >= 15 is 0 Å². The third-order valence-electron chi connectivity index (χ3n) is 2.80. The van der Waals surface area contributed by atoms with Crippen LogP contribution in [0.4, 0.5) is 0 Å². The summed E-state index contributed by atoms with van der Waals surface area (Å²) in [6.07, 6.45) is 0.00843. The second-order valence-electron chi connectivity index (χ2n) is 4.79. The van der Waals surface area contributed by atoms with Crippen LogP contribution in [0.25, 0.3) is 0 Å². The molecule has 1 fully saturated rings. The molecule has 0 aromatic heterocycles. The first-order chi connectivity index (χ1) is 7.23. The third-order valence-corrected chi connectivity index (χ3v) is 2.80. The highest BCUT2D eigenvalue weighted by Crippen LogP contribution is 2.38. The van der Waals surface area contributed by atoms with Crippen LogP contribution in [0.5, 0.6) is 0 Å². The molecule has 0 bridgehead atoms. The van der Waals surface area contributed by atoms with Crippen LogP contribution in [0.15, 0.2) is 0 Å². The molecule has 92 valence electrons. The fourth-order valence-electron chi connectivity index (χ4n) is 1.91. The number of carboxylic acid groups (broad SMARTS) is 1.